The van der Waals surface area contributed by atoms with E-state index in [0.29, 0.717) is 18.2 Å². The van der Waals surface area contributed by atoms with Crippen molar-refractivity contribution in [2.45, 2.75) is 39.5 Å². The Morgan fingerprint density at radius 1 is 0.926 bits per heavy atom. The Kier molecular flexibility index (Phi) is 6.44. The fraction of sp³-hybridized carbons (Fsp3) is 0.333. The van der Waals surface area contributed by atoms with E-state index < -0.39 is 0 Å². The summed E-state index contributed by atoms with van der Waals surface area (Å²) in [6.07, 6.45) is 7.04. The monoisotopic (exact) mass is 363 g/mol. The van der Waals surface area contributed by atoms with E-state index in [9.17, 15) is 0 Å². The van der Waals surface area contributed by atoms with Crippen LogP contribution in [0.5, 0.6) is 11.6 Å². The highest BCUT2D eigenvalue weighted by atomic mass is 16.5. The molecule has 6 heteroatoms. The van der Waals surface area contributed by atoms with Gasteiger partial charge in [0.25, 0.3) is 0 Å². The Bertz CT molecular complexity index is 863. The summed E-state index contributed by atoms with van der Waals surface area (Å²) < 4.78 is 5.90. The molecule has 3 rings (SSSR count). The number of aromatic nitrogens is 4. The zero-order valence-corrected chi connectivity index (χ0v) is 15.9. The molecular weight excluding hydrogens is 338 g/mol. The first-order valence-electron chi connectivity index (χ1n) is 9.27. The van der Waals surface area contributed by atoms with Gasteiger partial charge in [0.05, 0.1) is 0 Å². The predicted octanol–water partition coefficient (Wildman–Crippen LogP) is 3.22. The van der Waals surface area contributed by atoms with Crippen molar-refractivity contribution in [3.05, 3.63) is 71.2 Å². The summed E-state index contributed by atoms with van der Waals surface area (Å²) in [5, 5.41) is 0. The molecule has 6 nitrogen and oxygen atoms in total. The molecule has 2 N–H and O–H groups in total. The summed E-state index contributed by atoms with van der Waals surface area (Å²) in [6.45, 7) is 4.60. The summed E-state index contributed by atoms with van der Waals surface area (Å²) in [6, 6.07) is 9.79. The first-order chi connectivity index (χ1) is 13.2. The van der Waals surface area contributed by atoms with Crippen molar-refractivity contribution in [2.75, 3.05) is 6.54 Å². The molecule has 0 bridgehead atoms. The van der Waals surface area contributed by atoms with Crippen LogP contribution >= 0.6 is 0 Å². The van der Waals surface area contributed by atoms with Gasteiger partial charge in [0.2, 0.25) is 5.88 Å². The van der Waals surface area contributed by atoms with Crippen LogP contribution in [0.1, 0.15) is 35.4 Å². The Balaban J connectivity index is 1.66. The zero-order valence-electron chi connectivity index (χ0n) is 15.9. The quantitative estimate of drug-likeness (QED) is 0.661. The van der Waals surface area contributed by atoms with Gasteiger partial charge in [-0.25, -0.2) is 15.0 Å². The second-order valence-corrected chi connectivity index (χ2v) is 6.39. The highest BCUT2D eigenvalue weighted by molar-refractivity contribution is 5.31. The first-order valence-corrected chi connectivity index (χ1v) is 9.27. The van der Waals surface area contributed by atoms with E-state index >= 15 is 0 Å². The lowest BCUT2D eigenvalue weighted by Crippen LogP contribution is -2.03. The lowest BCUT2D eigenvalue weighted by atomic mass is 10.1. The van der Waals surface area contributed by atoms with E-state index in [-0.39, 0.29) is 0 Å². The Labute approximate surface area is 159 Å². The average Bonchev–Trinajstić information content (AvgIpc) is 2.68. The summed E-state index contributed by atoms with van der Waals surface area (Å²) in [5.74, 6) is 2.80. The minimum Gasteiger partial charge on any atom is -0.439 e. The molecule has 2 heterocycles. The van der Waals surface area contributed by atoms with Crippen molar-refractivity contribution in [3.8, 4) is 11.6 Å². The summed E-state index contributed by atoms with van der Waals surface area (Å²) in [7, 11) is 0. The fourth-order valence-corrected chi connectivity index (χ4v) is 2.72. The molecular formula is C21H25N5O. The molecule has 0 saturated heterocycles. The van der Waals surface area contributed by atoms with E-state index in [1.165, 1.54) is 5.56 Å². The van der Waals surface area contributed by atoms with Gasteiger partial charge < -0.3 is 10.5 Å². The molecule has 27 heavy (non-hydrogen) atoms. The molecule has 0 aliphatic rings. The van der Waals surface area contributed by atoms with Crippen molar-refractivity contribution in [2.24, 2.45) is 5.73 Å². The largest absolute Gasteiger partial charge is 0.439 e. The van der Waals surface area contributed by atoms with E-state index in [1.807, 2.05) is 49.6 Å². The van der Waals surface area contributed by atoms with Crippen LogP contribution in [0.3, 0.4) is 0 Å². The van der Waals surface area contributed by atoms with Crippen LogP contribution in [0, 0.1) is 6.92 Å². The maximum Gasteiger partial charge on any atom is 0.222 e. The van der Waals surface area contributed by atoms with Gasteiger partial charge >= 0.3 is 0 Å². The number of aryl methyl sites for hydroxylation is 4. The maximum absolute atomic E-state index is 5.90. The zero-order chi connectivity index (χ0) is 19.1. The highest BCUT2D eigenvalue weighted by Gasteiger charge is 2.07. The van der Waals surface area contributed by atoms with Crippen molar-refractivity contribution in [1.29, 1.82) is 0 Å². The molecule has 140 valence electrons. The third-order valence-electron chi connectivity index (χ3n) is 4.22. The van der Waals surface area contributed by atoms with Crippen LogP contribution in [-0.4, -0.2) is 26.5 Å². The van der Waals surface area contributed by atoms with Gasteiger partial charge in [-0.3, -0.25) is 0 Å². The minimum absolute atomic E-state index is 0.548. The molecule has 0 atom stereocenters. The van der Waals surface area contributed by atoms with Crippen LogP contribution in [0.25, 0.3) is 0 Å². The summed E-state index contributed by atoms with van der Waals surface area (Å²) >= 11 is 0. The number of hydrogen-bond acceptors (Lipinski definition) is 6. The fourth-order valence-electron chi connectivity index (χ4n) is 2.72. The van der Waals surface area contributed by atoms with Gasteiger partial charge in [-0.15, -0.1) is 0 Å². The molecule has 0 saturated carbocycles. The van der Waals surface area contributed by atoms with Crippen molar-refractivity contribution in [1.82, 2.24) is 19.9 Å². The van der Waals surface area contributed by atoms with E-state index in [0.717, 1.165) is 48.5 Å². The average molecular weight is 363 g/mol. The third-order valence-corrected chi connectivity index (χ3v) is 4.22. The SMILES string of the molecule is CCc1cnc(CCc2cc(Oc3ccc(CCN)cc3)nc(C)n2)nc1. The second kappa shape index (κ2) is 9.19. The van der Waals surface area contributed by atoms with Crippen molar-refractivity contribution >= 4 is 0 Å². The number of nitrogens with two attached hydrogens (primary N) is 1. The maximum atomic E-state index is 5.90. The molecule has 0 aliphatic carbocycles. The molecule has 0 unspecified atom stereocenters. The van der Waals surface area contributed by atoms with Gasteiger partial charge in [0, 0.05) is 30.6 Å². The van der Waals surface area contributed by atoms with Gasteiger partial charge in [-0.1, -0.05) is 19.1 Å². The van der Waals surface area contributed by atoms with Crippen LogP contribution in [0.15, 0.2) is 42.7 Å². The van der Waals surface area contributed by atoms with E-state index in [2.05, 4.69) is 26.9 Å². The number of rotatable bonds is 8. The Morgan fingerprint density at radius 3 is 2.33 bits per heavy atom. The topological polar surface area (TPSA) is 86.8 Å². The molecule has 2 aromatic heterocycles. The number of ether oxygens (including phenoxy) is 1. The lowest BCUT2D eigenvalue weighted by Gasteiger charge is -2.08. The van der Waals surface area contributed by atoms with Crippen molar-refractivity contribution in [3.63, 3.8) is 0 Å². The predicted molar refractivity (Wildman–Crippen MR) is 105 cm³/mol. The second-order valence-electron chi connectivity index (χ2n) is 6.39. The molecule has 0 amide bonds. The van der Waals surface area contributed by atoms with E-state index in [1.54, 1.807) is 0 Å². The number of benzene rings is 1. The Hall–Kier alpha value is -2.86. The number of hydrogen-bond donors (Lipinski definition) is 1. The molecule has 0 spiro atoms. The van der Waals surface area contributed by atoms with Gasteiger partial charge in [0.1, 0.15) is 17.4 Å². The Morgan fingerprint density at radius 2 is 1.67 bits per heavy atom. The highest BCUT2D eigenvalue weighted by Crippen LogP contribution is 2.21. The summed E-state index contributed by atoms with van der Waals surface area (Å²) in [5.41, 5.74) is 8.84. The van der Waals surface area contributed by atoms with Crippen molar-refractivity contribution < 1.29 is 4.74 Å². The molecule has 0 fully saturated rings. The minimum atomic E-state index is 0.548. The van der Waals surface area contributed by atoms with Gasteiger partial charge in [-0.2, -0.15) is 4.98 Å². The lowest BCUT2D eigenvalue weighted by molar-refractivity contribution is 0.458. The van der Waals surface area contributed by atoms with Crippen LogP contribution in [0.4, 0.5) is 0 Å². The molecule has 1 aromatic carbocycles. The first kappa shape index (κ1) is 18.9. The third kappa shape index (κ3) is 5.56. The van der Waals surface area contributed by atoms with Gasteiger partial charge in [0.15, 0.2) is 0 Å². The molecule has 3 aromatic rings. The van der Waals surface area contributed by atoms with Gasteiger partial charge in [-0.05, 0) is 56.0 Å². The van der Waals surface area contributed by atoms with E-state index in [4.69, 9.17) is 10.5 Å². The molecule has 0 radical (unpaired) electrons. The van der Waals surface area contributed by atoms with Crippen LogP contribution in [-0.2, 0) is 25.7 Å². The van der Waals surface area contributed by atoms with Crippen LogP contribution < -0.4 is 10.5 Å². The normalized spacial score (nSPS) is 10.8. The summed E-state index contributed by atoms with van der Waals surface area (Å²) in [4.78, 5) is 17.7. The number of nitrogens with zero attached hydrogens (tertiary/aromatic N) is 4. The smallest absolute Gasteiger partial charge is 0.222 e. The molecule has 0 aliphatic heterocycles. The van der Waals surface area contributed by atoms with Crippen LogP contribution in [0.2, 0.25) is 0 Å². The standard InChI is InChI=1S/C21H25N5O/c1-3-16-13-23-20(24-14-16)9-6-18-12-21(26-15(2)25-18)27-19-7-4-17(5-8-19)10-11-22/h4-5,7-8,12-14H,3,6,9-11,22H2,1-2H3.